The van der Waals surface area contributed by atoms with Gasteiger partial charge in [0.15, 0.2) is 10.9 Å². The van der Waals surface area contributed by atoms with Crippen LogP contribution in [-0.4, -0.2) is 26.2 Å². The fraction of sp³-hybridized carbons (Fsp3) is 0.235. The molecule has 1 N–H and O–H groups in total. The number of aryl methyl sites for hydroxylation is 2. The number of Topliss-reactive ketones (excluding diaryl/α,β-unsaturated/α-hetero) is 1. The third-order valence-electron chi connectivity index (χ3n) is 3.75. The van der Waals surface area contributed by atoms with E-state index in [1.807, 2.05) is 19.1 Å². The Bertz CT molecular complexity index is 1020. The number of aromatic nitrogens is 3. The lowest BCUT2D eigenvalue weighted by atomic mass is 10.1. The number of fused-ring (bicyclic) bond motifs is 1. The largest absolute Gasteiger partial charge is 0.302 e. The molecule has 1 aromatic carbocycles. The molecular formula is C17H16N4O3S. The number of rotatable bonds is 5. The smallest absolute Gasteiger partial charge is 0.261 e. The maximum absolute atomic E-state index is 12.5. The van der Waals surface area contributed by atoms with Crippen LogP contribution in [-0.2, 0) is 11.3 Å². The topological polar surface area (TPSA) is 94.0 Å². The molecule has 3 rings (SSSR count). The predicted molar refractivity (Wildman–Crippen MR) is 96.1 cm³/mol. The molecule has 0 aliphatic heterocycles. The normalized spacial score (nSPS) is 10.8. The number of anilines is 1. The van der Waals surface area contributed by atoms with Gasteiger partial charge < -0.3 is 5.32 Å². The Labute approximate surface area is 147 Å². The number of para-hydroxylation sites is 1. The Morgan fingerprint density at radius 3 is 2.84 bits per heavy atom. The molecular weight excluding hydrogens is 340 g/mol. The van der Waals surface area contributed by atoms with Gasteiger partial charge >= 0.3 is 0 Å². The minimum atomic E-state index is -0.277. The Morgan fingerprint density at radius 2 is 2.12 bits per heavy atom. The molecule has 0 unspecified atom stereocenters. The highest BCUT2D eigenvalue weighted by molar-refractivity contribution is 7.14. The zero-order valence-corrected chi connectivity index (χ0v) is 14.6. The number of nitrogens with zero attached hydrogens (tertiary/aromatic N) is 3. The number of hydrogen-bond donors (Lipinski definition) is 1. The Kier molecular flexibility index (Phi) is 4.71. The lowest BCUT2D eigenvalue weighted by Crippen LogP contribution is -2.23. The molecule has 0 aliphatic carbocycles. The first-order valence-corrected chi connectivity index (χ1v) is 8.55. The summed E-state index contributed by atoms with van der Waals surface area (Å²) in [7, 11) is 0. The lowest BCUT2D eigenvalue weighted by Gasteiger charge is -2.07. The highest BCUT2D eigenvalue weighted by Gasteiger charge is 2.11. The summed E-state index contributed by atoms with van der Waals surface area (Å²) >= 11 is 1.19. The summed E-state index contributed by atoms with van der Waals surface area (Å²) in [6.45, 7) is 3.53. The first-order chi connectivity index (χ1) is 12.0. The molecule has 3 aromatic rings. The maximum atomic E-state index is 12.5. The zero-order valence-electron chi connectivity index (χ0n) is 13.8. The van der Waals surface area contributed by atoms with Gasteiger partial charge in [-0.1, -0.05) is 12.1 Å². The molecule has 2 heterocycles. The molecule has 0 bridgehead atoms. The second-order valence-electron chi connectivity index (χ2n) is 5.61. The summed E-state index contributed by atoms with van der Waals surface area (Å²) in [5.74, 6) is -0.429. The van der Waals surface area contributed by atoms with E-state index in [-0.39, 0.29) is 30.2 Å². The van der Waals surface area contributed by atoms with Crippen molar-refractivity contribution in [3.63, 3.8) is 0 Å². The monoisotopic (exact) mass is 356 g/mol. The van der Waals surface area contributed by atoms with Crippen LogP contribution in [0.25, 0.3) is 10.9 Å². The third-order valence-corrected chi connectivity index (χ3v) is 4.50. The highest BCUT2D eigenvalue weighted by Crippen LogP contribution is 2.16. The van der Waals surface area contributed by atoms with Crippen LogP contribution in [0.5, 0.6) is 0 Å². The van der Waals surface area contributed by atoms with E-state index in [0.29, 0.717) is 21.7 Å². The van der Waals surface area contributed by atoms with Crippen LogP contribution in [0.3, 0.4) is 0 Å². The van der Waals surface area contributed by atoms with E-state index >= 15 is 0 Å². The summed E-state index contributed by atoms with van der Waals surface area (Å²) < 4.78 is 1.42. The average Bonchev–Trinajstić information content (AvgIpc) is 3.04. The van der Waals surface area contributed by atoms with Crippen LogP contribution < -0.4 is 10.9 Å². The molecule has 8 heteroatoms. The van der Waals surface area contributed by atoms with E-state index in [4.69, 9.17) is 0 Å². The molecule has 0 fully saturated rings. The standard InChI is InChI=1S/C17H16N4O3S/c1-10-4-3-5-12-15(10)18-9-21(16(12)24)7-6-14(23)20-17-19-13(8-25-17)11(2)22/h3-5,8-9H,6-7H2,1-2H3,(H,19,20,23). The van der Waals surface area contributed by atoms with Crippen LogP contribution in [0.4, 0.5) is 5.13 Å². The van der Waals surface area contributed by atoms with E-state index in [1.54, 1.807) is 11.4 Å². The van der Waals surface area contributed by atoms with Gasteiger partial charge in [0.1, 0.15) is 5.69 Å². The lowest BCUT2D eigenvalue weighted by molar-refractivity contribution is -0.116. The number of benzene rings is 1. The number of carbonyl (C=O) groups is 2. The molecule has 25 heavy (non-hydrogen) atoms. The van der Waals surface area contributed by atoms with Crippen LogP contribution in [0.15, 0.2) is 34.7 Å². The number of carbonyl (C=O) groups excluding carboxylic acids is 2. The maximum Gasteiger partial charge on any atom is 0.261 e. The van der Waals surface area contributed by atoms with E-state index in [0.717, 1.165) is 5.56 Å². The van der Waals surface area contributed by atoms with Crippen LogP contribution >= 0.6 is 11.3 Å². The SMILES string of the molecule is CC(=O)c1csc(NC(=O)CCn2cnc3c(C)cccc3c2=O)n1. The summed E-state index contributed by atoms with van der Waals surface area (Å²) in [4.78, 5) is 44.1. The molecule has 0 saturated heterocycles. The second-order valence-corrected chi connectivity index (χ2v) is 6.46. The molecule has 1 amide bonds. The van der Waals surface area contributed by atoms with E-state index < -0.39 is 0 Å². The van der Waals surface area contributed by atoms with Crippen molar-refractivity contribution in [3.8, 4) is 0 Å². The second kappa shape index (κ2) is 6.94. The van der Waals surface area contributed by atoms with Crippen molar-refractivity contribution in [2.24, 2.45) is 0 Å². The van der Waals surface area contributed by atoms with E-state index in [2.05, 4.69) is 15.3 Å². The number of nitrogens with one attached hydrogen (secondary N) is 1. The van der Waals surface area contributed by atoms with Crippen LogP contribution in [0.2, 0.25) is 0 Å². The van der Waals surface area contributed by atoms with E-state index in [1.165, 1.54) is 29.2 Å². The number of thiazole rings is 1. The fourth-order valence-electron chi connectivity index (χ4n) is 2.39. The van der Waals surface area contributed by atoms with Crippen LogP contribution in [0.1, 0.15) is 29.4 Å². The molecule has 0 atom stereocenters. The Balaban J connectivity index is 1.69. The summed E-state index contributed by atoms with van der Waals surface area (Å²) in [5, 5.41) is 5.14. The predicted octanol–water partition coefficient (Wildman–Crippen LogP) is 2.39. The molecule has 128 valence electrons. The first kappa shape index (κ1) is 17.0. The summed E-state index contributed by atoms with van der Waals surface area (Å²) in [5.41, 5.74) is 1.76. The van der Waals surface area contributed by atoms with Crippen LogP contribution in [0, 0.1) is 6.92 Å². The van der Waals surface area contributed by atoms with Gasteiger partial charge in [0, 0.05) is 25.3 Å². The quantitative estimate of drug-likeness (QED) is 0.709. The summed E-state index contributed by atoms with van der Waals surface area (Å²) in [6, 6.07) is 5.44. The van der Waals surface area contributed by atoms with Gasteiger partial charge in [-0.2, -0.15) is 0 Å². The zero-order chi connectivity index (χ0) is 18.0. The van der Waals surface area contributed by atoms with Gasteiger partial charge in [-0.25, -0.2) is 9.97 Å². The van der Waals surface area contributed by atoms with Gasteiger partial charge in [-0.05, 0) is 18.6 Å². The van der Waals surface area contributed by atoms with Gasteiger partial charge in [0.25, 0.3) is 5.56 Å². The van der Waals surface area contributed by atoms with Gasteiger partial charge in [0.05, 0.1) is 17.2 Å². The number of hydrogen-bond acceptors (Lipinski definition) is 6. The van der Waals surface area contributed by atoms with Crippen molar-refractivity contribution < 1.29 is 9.59 Å². The van der Waals surface area contributed by atoms with Crippen molar-refractivity contribution in [1.29, 1.82) is 0 Å². The van der Waals surface area contributed by atoms with Crippen molar-refractivity contribution in [2.75, 3.05) is 5.32 Å². The first-order valence-electron chi connectivity index (χ1n) is 7.67. The van der Waals surface area contributed by atoms with Gasteiger partial charge in [0.2, 0.25) is 5.91 Å². The average molecular weight is 356 g/mol. The van der Waals surface area contributed by atoms with Crippen molar-refractivity contribution in [3.05, 3.63) is 51.5 Å². The highest BCUT2D eigenvalue weighted by atomic mass is 32.1. The molecule has 0 spiro atoms. The number of ketones is 1. The minimum Gasteiger partial charge on any atom is -0.302 e. The molecule has 0 aliphatic rings. The summed E-state index contributed by atoms with van der Waals surface area (Å²) in [6.07, 6.45) is 1.57. The Hall–Kier alpha value is -2.87. The van der Waals surface area contributed by atoms with E-state index in [9.17, 15) is 14.4 Å². The van der Waals surface area contributed by atoms with Gasteiger partial charge in [-0.15, -0.1) is 11.3 Å². The van der Waals surface area contributed by atoms with Crippen molar-refractivity contribution >= 4 is 39.1 Å². The molecule has 2 aromatic heterocycles. The third kappa shape index (κ3) is 3.63. The molecule has 0 saturated carbocycles. The van der Waals surface area contributed by atoms with Crippen molar-refractivity contribution in [1.82, 2.24) is 14.5 Å². The molecule has 0 radical (unpaired) electrons. The van der Waals surface area contributed by atoms with Crippen molar-refractivity contribution in [2.45, 2.75) is 26.8 Å². The minimum absolute atomic E-state index is 0.105. The molecule has 7 nitrogen and oxygen atoms in total. The number of amides is 1. The fourth-order valence-corrected chi connectivity index (χ4v) is 3.16. The Morgan fingerprint density at radius 1 is 1.32 bits per heavy atom. The van der Waals surface area contributed by atoms with Gasteiger partial charge in [-0.3, -0.25) is 19.0 Å².